The van der Waals surface area contributed by atoms with Crippen molar-refractivity contribution >= 4 is 15.9 Å². The van der Waals surface area contributed by atoms with E-state index in [9.17, 15) is 13.2 Å². The average Bonchev–Trinajstić information content (AvgIpc) is 3.38. The number of nitrogens with zero attached hydrogens (tertiary/aromatic N) is 5. The fraction of sp³-hybridized carbons (Fsp3) is 0.607. The maximum atomic E-state index is 13.6. The van der Waals surface area contributed by atoms with Gasteiger partial charge in [-0.05, 0) is 64.1 Å². The van der Waals surface area contributed by atoms with Gasteiger partial charge < -0.3 is 10.1 Å². The predicted molar refractivity (Wildman–Crippen MR) is 148 cm³/mol. The predicted octanol–water partition coefficient (Wildman–Crippen LogP) is 3.21. The van der Waals surface area contributed by atoms with Crippen LogP contribution in [0.4, 0.5) is 0 Å². The van der Waals surface area contributed by atoms with Gasteiger partial charge in [-0.2, -0.15) is 0 Å². The minimum absolute atomic E-state index is 0.0454. The number of ether oxygens (including phenoxy) is 1. The summed E-state index contributed by atoms with van der Waals surface area (Å²) in [7, 11) is -1.57. The van der Waals surface area contributed by atoms with Gasteiger partial charge in [0.15, 0.2) is 0 Å². The normalized spacial score (nSPS) is 25.5. The third-order valence-electron chi connectivity index (χ3n) is 8.41. The maximum absolute atomic E-state index is 13.6. The molecule has 2 aliphatic heterocycles. The monoisotopic (exact) mass is 556 g/mol. The Morgan fingerprint density at radius 2 is 1.95 bits per heavy atom. The summed E-state index contributed by atoms with van der Waals surface area (Å²) < 4.78 is 36.2. The first kappa shape index (κ1) is 27.6. The summed E-state index contributed by atoms with van der Waals surface area (Å²) in [5.74, 6) is 1.04. The molecule has 3 heterocycles. The van der Waals surface area contributed by atoms with E-state index in [1.54, 1.807) is 0 Å². The third kappa shape index (κ3) is 5.84. The molecule has 1 N–H and O–H groups in total. The van der Waals surface area contributed by atoms with Gasteiger partial charge in [0.1, 0.15) is 11.8 Å². The summed E-state index contributed by atoms with van der Waals surface area (Å²) in [5.41, 5.74) is 2.81. The van der Waals surface area contributed by atoms with Gasteiger partial charge in [0.25, 0.3) is 0 Å². The summed E-state index contributed by atoms with van der Waals surface area (Å²) in [4.78, 5) is 15.1. The number of aromatic nitrogens is 3. The molecule has 2 unspecified atom stereocenters. The number of rotatable bonds is 8. The molecule has 10 nitrogen and oxygen atoms in total. The van der Waals surface area contributed by atoms with Crippen molar-refractivity contribution in [2.45, 2.75) is 89.2 Å². The zero-order valence-electron chi connectivity index (χ0n) is 23.3. The molecule has 0 spiro atoms. The van der Waals surface area contributed by atoms with Crippen LogP contribution in [0.1, 0.15) is 75.7 Å². The van der Waals surface area contributed by atoms with Crippen LogP contribution >= 0.6 is 0 Å². The standard InChI is InChI=1S/C28H40N6O4S/c1-19(2)32(4)17-21-7-10-24-25(11-14-38-27(24)15-21)33-18-22(30-31-33)16-26-28(35)29-12-13-34(26)39(36,37)23-8-5-20(3)6-9-23/h7,10,12-13,15,18-20,23,25-26H,5-6,8-9,11,14,16-17H2,1-4H3,(H,29,35). The number of amides is 1. The topological polar surface area (TPSA) is 110 Å². The Bertz CT molecular complexity index is 1320. The van der Waals surface area contributed by atoms with Crippen molar-refractivity contribution in [3.63, 3.8) is 0 Å². The van der Waals surface area contributed by atoms with E-state index < -0.39 is 21.3 Å². The molecular formula is C28H40N6O4S. The lowest BCUT2D eigenvalue weighted by Crippen LogP contribution is -2.52. The van der Waals surface area contributed by atoms with Crippen LogP contribution in [0.15, 0.2) is 36.8 Å². The van der Waals surface area contributed by atoms with Crippen LogP contribution in [0.3, 0.4) is 0 Å². The minimum Gasteiger partial charge on any atom is -0.493 e. The van der Waals surface area contributed by atoms with Crippen molar-refractivity contribution in [1.29, 1.82) is 0 Å². The van der Waals surface area contributed by atoms with Crippen LogP contribution in [0.5, 0.6) is 5.75 Å². The van der Waals surface area contributed by atoms with E-state index >= 15 is 0 Å². The molecule has 1 amide bonds. The molecule has 0 bridgehead atoms. The van der Waals surface area contributed by atoms with Gasteiger partial charge in [-0.15, -0.1) is 5.10 Å². The van der Waals surface area contributed by atoms with Crippen LogP contribution < -0.4 is 10.1 Å². The highest BCUT2D eigenvalue weighted by Crippen LogP contribution is 2.36. The molecule has 5 rings (SSSR count). The second kappa shape index (κ2) is 11.3. The zero-order chi connectivity index (χ0) is 27.7. The molecule has 1 saturated carbocycles. The highest BCUT2D eigenvalue weighted by atomic mass is 32.2. The quantitative estimate of drug-likeness (QED) is 0.532. The van der Waals surface area contributed by atoms with Crippen molar-refractivity contribution in [1.82, 2.24) is 29.5 Å². The molecule has 1 aromatic carbocycles. The van der Waals surface area contributed by atoms with Gasteiger partial charge in [-0.1, -0.05) is 24.3 Å². The number of carbonyl (C=O) groups excluding carboxylic acids is 1. The fourth-order valence-corrected chi connectivity index (χ4v) is 7.64. The number of benzene rings is 1. The molecule has 1 fully saturated rings. The van der Waals surface area contributed by atoms with E-state index in [4.69, 9.17) is 4.74 Å². The second-order valence-corrected chi connectivity index (χ2v) is 13.6. The lowest BCUT2D eigenvalue weighted by Gasteiger charge is -2.36. The molecule has 11 heteroatoms. The van der Waals surface area contributed by atoms with Crippen molar-refractivity contribution in [2.24, 2.45) is 5.92 Å². The summed E-state index contributed by atoms with van der Waals surface area (Å²) in [5, 5.41) is 10.9. The number of fused-ring (bicyclic) bond motifs is 1. The van der Waals surface area contributed by atoms with Crippen LogP contribution in [0.25, 0.3) is 0 Å². The molecule has 3 aliphatic rings. The molecular weight excluding hydrogens is 516 g/mol. The van der Waals surface area contributed by atoms with Crippen molar-refractivity contribution < 1.29 is 17.9 Å². The molecule has 2 aromatic rings. The van der Waals surface area contributed by atoms with Crippen LogP contribution in [0, 0.1) is 5.92 Å². The van der Waals surface area contributed by atoms with Crippen molar-refractivity contribution in [3.05, 3.63) is 53.6 Å². The fourth-order valence-electron chi connectivity index (χ4n) is 5.67. The Morgan fingerprint density at radius 1 is 1.18 bits per heavy atom. The van der Waals surface area contributed by atoms with Gasteiger partial charge in [0.05, 0.1) is 23.6 Å². The van der Waals surface area contributed by atoms with E-state index in [2.05, 4.69) is 66.5 Å². The summed E-state index contributed by atoms with van der Waals surface area (Å²) in [6.45, 7) is 7.91. The Hall–Kier alpha value is -2.92. The Balaban J connectivity index is 1.33. The van der Waals surface area contributed by atoms with Gasteiger partial charge in [-0.3, -0.25) is 14.0 Å². The molecule has 2 atom stereocenters. The molecule has 212 valence electrons. The number of hydrogen-bond donors (Lipinski definition) is 1. The zero-order valence-corrected chi connectivity index (χ0v) is 24.1. The van der Waals surface area contributed by atoms with E-state index in [1.807, 2.05) is 10.9 Å². The number of sulfonamides is 1. The first-order chi connectivity index (χ1) is 18.6. The smallest absolute Gasteiger partial charge is 0.248 e. The van der Waals surface area contributed by atoms with E-state index in [1.165, 1.54) is 22.3 Å². The van der Waals surface area contributed by atoms with E-state index in [0.29, 0.717) is 37.1 Å². The Labute approximate surface area is 231 Å². The first-order valence-electron chi connectivity index (χ1n) is 14.0. The molecule has 0 radical (unpaired) electrons. The molecule has 39 heavy (non-hydrogen) atoms. The highest BCUT2D eigenvalue weighted by molar-refractivity contribution is 7.89. The van der Waals surface area contributed by atoms with Gasteiger partial charge in [0.2, 0.25) is 15.9 Å². The van der Waals surface area contributed by atoms with E-state index in [0.717, 1.165) is 37.1 Å². The van der Waals surface area contributed by atoms with Gasteiger partial charge >= 0.3 is 0 Å². The second-order valence-electron chi connectivity index (χ2n) is 11.5. The Morgan fingerprint density at radius 3 is 2.69 bits per heavy atom. The number of nitrogens with one attached hydrogen (secondary N) is 1. The summed E-state index contributed by atoms with van der Waals surface area (Å²) in [6, 6.07) is 5.84. The minimum atomic E-state index is -3.67. The third-order valence-corrected chi connectivity index (χ3v) is 10.7. The lowest BCUT2D eigenvalue weighted by atomic mass is 9.91. The van der Waals surface area contributed by atoms with Crippen molar-refractivity contribution in [3.8, 4) is 5.75 Å². The molecule has 1 aliphatic carbocycles. The largest absolute Gasteiger partial charge is 0.493 e. The average molecular weight is 557 g/mol. The molecule has 0 saturated heterocycles. The van der Waals surface area contributed by atoms with Crippen LogP contribution in [0.2, 0.25) is 0 Å². The lowest BCUT2D eigenvalue weighted by molar-refractivity contribution is -0.124. The maximum Gasteiger partial charge on any atom is 0.248 e. The van der Waals surface area contributed by atoms with Gasteiger partial charge in [0, 0.05) is 49.6 Å². The SMILES string of the molecule is CC1CCC(S(=O)(=O)N2C=CNC(=O)C2Cc2cn(C3CCOc4cc(CN(C)C(C)C)ccc43)nn2)CC1. The van der Waals surface area contributed by atoms with Crippen LogP contribution in [-0.4, -0.2) is 69.5 Å². The van der Waals surface area contributed by atoms with Crippen LogP contribution in [-0.2, 0) is 27.8 Å². The summed E-state index contributed by atoms with van der Waals surface area (Å²) >= 11 is 0. The number of carbonyl (C=O) groups is 1. The number of hydrogen-bond acceptors (Lipinski definition) is 7. The van der Waals surface area contributed by atoms with E-state index in [-0.39, 0.29) is 18.4 Å². The molecule has 1 aromatic heterocycles. The summed E-state index contributed by atoms with van der Waals surface area (Å²) in [6.07, 6.45) is 8.62. The first-order valence-corrected chi connectivity index (χ1v) is 15.5. The Kier molecular flexibility index (Phi) is 8.00. The highest BCUT2D eigenvalue weighted by Gasteiger charge is 2.40. The van der Waals surface area contributed by atoms with Crippen molar-refractivity contribution in [2.75, 3.05) is 13.7 Å². The van der Waals surface area contributed by atoms with Gasteiger partial charge in [-0.25, -0.2) is 13.1 Å².